The monoisotopic (exact) mass is 256 g/mol. The second kappa shape index (κ2) is 5.28. The summed E-state index contributed by atoms with van der Waals surface area (Å²) in [7, 11) is 1.62. The van der Waals surface area contributed by atoms with Crippen LogP contribution in [0.4, 0.5) is 0 Å². The largest absolute Gasteiger partial charge is 0.487 e. The summed E-state index contributed by atoms with van der Waals surface area (Å²) in [6, 6.07) is 14.1. The zero-order chi connectivity index (χ0) is 13.1. The first-order valence-electron chi connectivity index (χ1n) is 6.32. The highest BCUT2D eigenvalue weighted by Crippen LogP contribution is 2.31. The van der Waals surface area contributed by atoms with Crippen molar-refractivity contribution < 1.29 is 9.47 Å². The van der Waals surface area contributed by atoms with E-state index in [1.54, 1.807) is 7.11 Å². The minimum absolute atomic E-state index is 0.292. The van der Waals surface area contributed by atoms with Crippen LogP contribution in [0.3, 0.4) is 0 Å². The third-order valence-electron chi connectivity index (χ3n) is 3.04. The first kappa shape index (κ1) is 12.0. The van der Waals surface area contributed by atoms with Crippen LogP contribution < -0.4 is 14.8 Å². The van der Waals surface area contributed by atoms with Crippen LogP contribution in [0.1, 0.15) is 17.3 Å². The maximum absolute atomic E-state index is 5.87. The van der Waals surface area contributed by atoms with Crippen LogP contribution in [-0.2, 0) is 6.61 Å². The molecule has 19 heavy (non-hydrogen) atoms. The predicted octanol–water partition coefficient (Wildman–Crippen LogP) is 2.31. The fourth-order valence-electron chi connectivity index (χ4n) is 1.92. The van der Waals surface area contributed by atoms with Crippen molar-refractivity contribution in [2.75, 3.05) is 13.7 Å². The van der Waals surface area contributed by atoms with Crippen molar-refractivity contribution in [3.8, 4) is 11.6 Å². The number of pyridine rings is 1. The lowest BCUT2D eigenvalue weighted by Crippen LogP contribution is -2.02. The van der Waals surface area contributed by atoms with Crippen LogP contribution in [0.15, 0.2) is 42.5 Å². The van der Waals surface area contributed by atoms with Crippen molar-refractivity contribution in [3.63, 3.8) is 0 Å². The number of ether oxygens (including phenoxy) is 2. The van der Waals surface area contributed by atoms with Crippen LogP contribution in [0, 0.1) is 0 Å². The average molecular weight is 256 g/mol. The Labute approximate surface area is 112 Å². The second-order valence-corrected chi connectivity index (χ2v) is 4.47. The Hall–Kier alpha value is -2.07. The molecule has 1 aliphatic heterocycles. The van der Waals surface area contributed by atoms with Gasteiger partial charge in [0.05, 0.1) is 13.2 Å². The van der Waals surface area contributed by atoms with Crippen molar-refractivity contribution >= 4 is 0 Å². The lowest BCUT2D eigenvalue weighted by atomic mass is 10.2. The molecule has 1 aromatic heterocycles. The number of nitrogens with zero attached hydrogens (tertiary/aromatic N) is 1. The van der Waals surface area contributed by atoms with Crippen molar-refractivity contribution in [1.29, 1.82) is 0 Å². The Kier molecular flexibility index (Phi) is 3.33. The number of hydrogen-bond donors (Lipinski definition) is 1. The molecule has 1 fully saturated rings. The summed E-state index contributed by atoms with van der Waals surface area (Å²) in [6.07, 6.45) is 0. The first-order chi connectivity index (χ1) is 9.36. The first-order valence-corrected chi connectivity index (χ1v) is 6.32. The van der Waals surface area contributed by atoms with Crippen molar-refractivity contribution in [2.45, 2.75) is 12.6 Å². The standard InChI is InChI=1S/C15H16N2O2/c1-18-14-8-7-13(15(17-14)12-9-16-12)19-10-11-5-3-2-4-6-11/h2-8,12,16H,9-10H2,1H3. The van der Waals surface area contributed by atoms with Gasteiger partial charge < -0.3 is 14.8 Å². The van der Waals surface area contributed by atoms with Gasteiger partial charge in [-0.25, -0.2) is 4.98 Å². The van der Waals surface area contributed by atoms with Crippen LogP contribution in [-0.4, -0.2) is 18.6 Å². The van der Waals surface area contributed by atoms with Crippen molar-refractivity contribution in [3.05, 3.63) is 53.7 Å². The van der Waals surface area contributed by atoms with Gasteiger partial charge in [-0.3, -0.25) is 0 Å². The van der Waals surface area contributed by atoms with E-state index in [1.807, 2.05) is 42.5 Å². The molecular weight excluding hydrogens is 240 g/mol. The Balaban J connectivity index is 1.76. The molecule has 0 bridgehead atoms. The number of rotatable bonds is 5. The summed E-state index contributed by atoms with van der Waals surface area (Å²) in [4.78, 5) is 4.46. The number of hydrogen-bond acceptors (Lipinski definition) is 4. The third-order valence-corrected chi connectivity index (χ3v) is 3.04. The Morgan fingerprint density at radius 3 is 2.68 bits per heavy atom. The molecule has 1 unspecified atom stereocenters. The molecule has 1 N–H and O–H groups in total. The van der Waals surface area contributed by atoms with Crippen LogP contribution in [0.2, 0.25) is 0 Å². The van der Waals surface area contributed by atoms with E-state index >= 15 is 0 Å². The summed E-state index contributed by atoms with van der Waals surface area (Å²) < 4.78 is 11.0. The highest BCUT2D eigenvalue weighted by molar-refractivity contribution is 5.36. The van der Waals surface area contributed by atoms with Crippen LogP contribution in [0.25, 0.3) is 0 Å². The SMILES string of the molecule is COc1ccc(OCc2ccccc2)c(C2CN2)n1. The summed E-state index contributed by atoms with van der Waals surface area (Å²) >= 11 is 0. The van der Waals surface area contributed by atoms with Gasteiger partial charge in [0.1, 0.15) is 18.1 Å². The molecule has 1 aromatic carbocycles. The second-order valence-electron chi connectivity index (χ2n) is 4.47. The normalized spacial score (nSPS) is 17.0. The van der Waals surface area contributed by atoms with E-state index in [-0.39, 0.29) is 0 Å². The molecule has 0 aliphatic carbocycles. The van der Waals surface area contributed by atoms with E-state index in [2.05, 4.69) is 10.3 Å². The minimum Gasteiger partial charge on any atom is -0.487 e. The van der Waals surface area contributed by atoms with Gasteiger partial charge in [0.25, 0.3) is 0 Å². The van der Waals surface area contributed by atoms with Gasteiger partial charge in [-0.05, 0) is 11.6 Å². The number of nitrogens with one attached hydrogen (secondary N) is 1. The zero-order valence-electron chi connectivity index (χ0n) is 10.8. The molecule has 0 radical (unpaired) electrons. The fourth-order valence-corrected chi connectivity index (χ4v) is 1.92. The number of methoxy groups -OCH3 is 1. The summed E-state index contributed by atoms with van der Waals surface area (Å²) in [6.45, 7) is 1.50. The molecule has 0 spiro atoms. The van der Waals surface area contributed by atoms with Crippen LogP contribution in [0.5, 0.6) is 11.6 Å². The number of aromatic nitrogens is 1. The lowest BCUT2D eigenvalue weighted by molar-refractivity contribution is 0.299. The minimum atomic E-state index is 0.292. The molecule has 0 amide bonds. The fraction of sp³-hybridized carbons (Fsp3) is 0.267. The lowest BCUT2D eigenvalue weighted by Gasteiger charge is -2.11. The summed E-state index contributed by atoms with van der Waals surface area (Å²) in [5.41, 5.74) is 2.07. The molecule has 1 saturated heterocycles. The van der Waals surface area contributed by atoms with E-state index in [0.29, 0.717) is 18.5 Å². The molecule has 2 aromatic rings. The van der Waals surface area contributed by atoms with Gasteiger partial charge in [-0.15, -0.1) is 0 Å². The maximum Gasteiger partial charge on any atom is 0.213 e. The molecule has 4 nitrogen and oxygen atoms in total. The Bertz CT molecular complexity index is 553. The molecule has 2 heterocycles. The van der Waals surface area contributed by atoms with Gasteiger partial charge in [0.2, 0.25) is 5.88 Å². The van der Waals surface area contributed by atoms with Crippen LogP contribution >= 0.6 is 0 Å². The van der Waals surface area contributed by atoms with Gasteiger partial charge in [0, 0.05) is 12.6 Å². The quantitative estimate of drug-likeness (QED) is 0.834. The molecule has 0 saturated carbocycles. The van der Waals surface area contributed by atoms with Gasteiger partial charge in [-0.1, -0.05) is 30.3 Å². The number of benzene rings is 1. The van der Waals surface area contributed by atoms with E-state index in [9.17, 15) is 0 Å². The van der Waals surface area contributed by atoms with E-state index in [0.717, 1.165) is 23.6 Å². The topological polar surface area (TPSA) is 53.3 Å². The smallest absolute Gasteiger partial charge is 0.213 e. The maximum atomic E-state index is 5.87. The summed E-state index contributed by atoms with van der Waals surface area (Å²) in [5.74, 6) is 1.44. The molecule has 98 valence electrons. The van der Waals surface area contributed by atoms with E-state index in [4.69, 9.17) is 9.47 Å². The van der Waals surface area contributed by atoms with Gasteiger partial charge >= 0.3 is 0 Å². The highest BCUT2D eigenvalue weighted by atomic mass is 16.5. The zero-order valence-corrected chi connectivity index (χ0v) is 10.8. The molecule has 3 rings (SSSR count). The third kappa shape index (κ3) is 2.85. The summed E-state index contributed by atoms with van der Waals surface area (Å²) in [5, 5.41) is 3.24. The average Bonchev–Trinajstić information content (AvgIpc) is 3.30. The molecule has 1 atom stereocenters. The molecular formula is C15H16N2O2. The van der Waals surface area contributed by atoms with E-state index < -0.39 is 0 Å². The Morgan fingerprint density at radius 1 is 1.21 bits per heavy atom. The van der Waals surface area contributed by atoms with Crippen molar-refractivity contribution in [1.82, 2.24) is 10.3 Å². The molecule has 4 heteroatoms. The molecule has 1 aliphatic rings. The highest BCUT2D eigenvalue weighted by Gasteiger charge is 2.28. The van der Waals surface area contributed by atoms with Gasteiger partial charge in [0.15, 0.2) is 0 Å². The Morgan fingerprint density at radius 2 is 2.00 bits per heavy atom. The van der Waals surface area contributed by atoms with Gasteiger partial charge in [-0.2, -0.15) is 0 Å². The van der Waals surface area contributed by atoms with Crippen molar-refractivity contribution in [2.24, 2.45) is 0 Å². The van der Waals surface area contributed by atoms with E-state index in [1.165, 1.54) is 0 Å². The predicted molar refractivity (Wildman–Crippen MR) is 72.3 cm³/mol.